The molecule has 4 rings (SSSR count). The number of anilines is 1. The van der Waals surface area contributed by atoms with Crippen molar-refractivity contribution in [3.05, 3.63) is 101 Å². The molecular weight excluding hydrogens is 396 g/mol. The number of hydrogen-bond donors (Lipinski definition) is 0. The maximum atomic E-state index is 13.0. The Bertz CT molecular complexity index is 1140. The van der Waals surface area contributed by atoms with Crippen LogP contribution in [0.2, 0.25) is 0 Å². The van der Waals surface area contributed by atoms with Gasteiger partial charge in [0, 0.05) is 18.7 Å². The van der Waals surface area contributed by atoms with Gasteiger partial charge in [0.25, 0.3) is 5.91 Å². The van der Waals surface area contributed by atoms with Crippen molar-refractivity contribution in [3.63, 3.8) is 0 Å². The third-order valence-electron chi connectivity index (χ3n) is 5.39. The van der Waals surface area contributed by atoms with Crippen LogP contribution in [-0.4, -0.2) is 32.0 Å². The van der Waals surface area contributed by atoms with Crippen LogP contribution < -0.4 is 4.31 Å². The molecule has 154 valence electrons. The molecule has 1 amide bonds. The van der Waals surface area contributed by atoms with Gasteiger partial charge in [0.1, 0.15) is 0 Å². The van der Waals surface area contributed by atoms with E-state index in [0.29, 0.717) is 24.3 Å². The molecule has 0 saturated carbocycles. The summed E-state index contributed by atoms with van der Waals surface area (Å²) >= 11 is 0. The van der Waals surface area contributed by atoms with Gasteiger partial charge in [-0.05, 0) is 47.4 Å². The highest BCUT2D eigenvalue weighted by molar-refractivity contribution is 7.92. The number of fused-ring (bicyclic) bond motifs is 1. The molecule has 30 heavy (non-hydrogen) atoms. The van der Waals surface area contributed by atoms with E-state index in [0.717, 1.165) is 12.0 Å². The smallest absolute Gasteiger partial charge is 0.254 e. The van der Waals surface area contributed by atoms with Gasteiger partial charge >= 0.3 is 0 Å². The molecule has 0 unspecified atom stereocenters. The average Bonchev–Trinajstić information content (AvgIpc) is 2.77. The molecule has 0 aromatic heterocycles. The Morgan fingerprint density at radius 2 is 1.53 bits per heavy atom. The molecule has 5 nitrogen and oxygen atoms in total. The van der Waals surface area contributed by atoms with Gasteiger partial charge in [0.2, 0.25) is 10.0 Å². The third-order valence-corrected chi connectivity index (χ3v) is 6.53. The van der Waals surface area contributed by atoms with Gasteiger partial charge in [-0.25, -0.2) is 8.42 Å². The number of nitrogens with zero attached hydrogens (tertiary/aromatic N) is 2. The monoisotopic (exact) mass is 420 g/mol. The normalized spacial score (nSPS) is 13.6. The van der Waals surface area contributed by atoms with Crippen LogP contribution in [0.5, 0.6) is 0 Å². The summed E-state index contributed by atoms with van der Waals surface area (Å²) < 4.78 is 26.1. The Morgan fingerprint density at radius 3 is 2.20 bits per heavy atom. The molecular formula is C24H24N2O3S. The van der Waals surface area contributed by atoms with Crippen molar-refractivity contribution in [2.24, 2.45) is 0 Å². The summed E-state index contributed by atoms with van der Waals surface area (Å²) in [5.74, 6) is -0.0370. The topological polar surface area (TPSA) is 57.7 Å². The molecule has 0 spiro atoms. The highest BCUT2D eigenvalue weighted by atomic mass is 32.2. The first-order valence-electron chi connectivity index (χ1n) is 9.89. The first kappa shape index (κ1) is 20.2. The van der Waals surface area contributed by atoms with E-state index in [1.54, 1.807) is 24.3 Å². The number of carbonyl (C=O) groups excluding carboxylic acids is 1. The zero-order valence-electron chi connectivity index (χ0n) is 16.9. The lowest BCUT2D eigenvalue weighted by molar-refractivity contribution is 0.0734. The van der Waals surface area contributed by atoms with Gasteiger partial charge in [-0.1, -0.05) is 54.6 Å². The summed E-state index contributed by atoms with van der Waals surface area (Å²) in [5, 5.41) is 0. The first-order chi connectivity index (χ1) is 14.4. The van der Waals surface area contributed by atoms with Crippen molar-refractivity contribution in [2.75, 3.05) is 17.1 Å². The van der Waals surface area contributed by atoms with E-state index < -0.39 is 10.0 Å². The molecule has 0 aliphatic carbocycles. The Balaban J connectivity index is 1.53. The number of rotatable bonds is 5. The quantitative estimate of drug-likeness (QED) is 0.630. The molecule has 0 saturated heterocycles. The Hall–Kier alpha value is -3.12. The van der Waals surface area contributed by atoms with Crippen molar-refractivity contribution < 1.29 is 13.2 Å². The molecule has 0 fully saturated rings. The van der Waals surface area contributed by atoms with Crippen LogP contribution in [0.4, 0.5) is 5.69 Å². The van der Waals surface area contributed by atoms with Crippen LogP contribution >= 0.6 is 0 Å². The molecule has 3 aromatic carbocycles. The van der Waals surface area contributed by atoms with Gasteiger partial charge in [-0.2, -0.15) is 0 Å². The second-order valence-corrected chi connectivity index (χ2v) is 9.45. The van der Waals surface area contributed by atoms with Crippen LogP contribution in [0.3, 0.4) is 0 Å². The fraction of sp³-hybridized carbons (Fsp3) is 0.208. The molecule has 1 aliphatic rings. The SMILES string of the molecule is CS(=O)(=O)N(Cc1ccccc1)c1ccc(C(=O)N2CCc3ccccc3C2)cc1. The fourth-order valence-electron chi connectivity index (χ4n) is 3.77. The maximum Gasteiger partial charge on any atom is 0.254 e. The molecule has 0 radical (unpaired) electrons. The minimum atomic E-state index is -3.47. The van der Waals surface area contributed by atoms with Crippen molar-refractivity contribution in [1.29, 1.82) is 0 Å². The lowest BCUT2D eigenvalue weighted by atomic mass is 9.99. The number of sulfonamides is 1. The van der Waals surface area contributed by atoms with Gasteiger partial charge in [-0.15, -0.1) is 0 Å². The number of amides is 1. The summed E-state index contributed by atoms with van der Waals surface area (Å²) in [6, 6.07) is 24.5. The maximum absolute atomic E-state index is 13.0. The fourth-order valence-corrected chi connectivity index (χ4v) is 4.66. The van der Waals surface area contributed by atoms with Crippen LogP contribution in [0.15, 0.2) is 78.9 Å². The predicted octanol–water partition coefficient (Wildman–Crippen LogP) is 3.85. The molecule has 6 heteroatoms. The first-order valence-corrected chi connectivity index (χ1v) is 11.7. The van der Waals surface area contributed by atoms with Crippen LogP contribution in [0.25, 0.3) is 0 Å². The second kappa shape index (κ2) is 8.32. The summed E-state index contributed by atoms with van der Waals surface area (Å²) in [7, 11) is -3.47. The summed E-state index contributed by atoms with van der Waals surface area (Å²) in [6.07, 6.45) is 2.04. The zero-order chi connectivity index (χ0) is 21.1. The Labute approximate surface area is 177 Å². The molecule has 0 atom stereocenters. The van der Waals surface area contributed by atoms with Gasteiger partial charge in [-0.3, -0.25) is 9.10 Å². The van der Waals surface area contributed by atoms with E-state index in [1.165, 1.54) is 21.7 Å². The highest BCUT2D eigenvalue weighted by Gasteiger charge is 2.23. The van der Waals surface area contributed by atoms with Crippen molar-refractivity contribution in [2.45, 2.75) is 19.5 Å². The van der Waals surface area contributed by atoms with Crippen molar-refractivity contribution in [3.8, 4) is 0 Å². The van der Waals surface area contributed by atoms with Gasteiger partial charge in [0.15, 0.2) is 0 Å². The summed E-state index contributed by atoms with van der Waals surface area (Å²) in [4.78, 5) is 14.8. The third kappa shape index (κ3) is 4.39. The van der Waals surface area contributed by atoms with E-state index >= 15 is 0 Å². The van der Waals surface area contributed by atoms with Gasteiger partial charge < -0.3 is 4.90 Å². The van der Waals surface area contributed by atoms with E-state index in [9.17, 15) is 13.2 Å². The van der Waals surface area contributed by atoms with E-state index in [2.05, 4.69) is 12.1 Å². The van der Waals surface area contributed by atoms with Crippen molar-refractivity contribution >= 4 is 21.6 Å². The van der Waals surface area contributed by atoms with Crippen LogP contribution in [-0.2, 0) is 29.5 Å². The minimum Gasteiger partial charge on any atom is -0.334 e. The number of hydrogen-bond acceptors (Lipinski definition) is 3. The van der Waals surface area contributed by atoms with E-state index in [4.69, 9.17) is 0 Å². The minimum absolute atomic E-state index is 0.0370. The lowest BCUT2D eigenvalue weighted by Gasteiger charge is -2.29. The van der Waals surface area contributed by atoms with E-state index in [1.807, 2.05) is 47.4 Å². The Kier molecular flexibility index (Phi) is 5.59. The van der Waals surface area contributed by atoms with Crippen molar-refractivity contribution in [1.82, 2.24) is 4.90 Å². The molecule has 0 bridgehead atoms. The van der Waals surface area contributed by atoms with Gasteiger partial charge in [0.05, 0.1) is 18.5 Å². The molecule has 1 heterocycles. The van der Waals surface area contributed by atoms with Crippen LogP contribution in [0.1, 0.15) is 27.0 Å². The molecule has 3 aromatic rings. The molecule has 1 aliphatic heterocycles. The highest BCUT2D eigenvalue weighted by Crippen LogP contribution is 2.24. The number of carbonyl (C=O) groups is 1. The second-order valence-electron chi connectivity index (χ2n) is 7.55. The lowest BCUT2D eigenvalue weighted by Crippen LogP contribution is -2.36. The Morgan fingerprint density at radius 1 is 0.900 bits per heavy atom. The standard InChI is InChI=1S/C24H24N2O3S/c1-30(28,29)26(17-19-7-3-2-4-8-19)23-13-11-21(12-14-23)24(27)25-16-15-20-9-5-6-10-22(20)18-25/h2-14H,15-18H2,1H3. The molecule has 0 N–H and O–H groups in total. The average molecular weight is 421 g/mol. The largest absolute Gasteiger partial charge is 0.334 e. The van der Waals surface area contributed by atoms with Crippen LogP contribution in [0, 0.1) is 0 Å². The predicted molar refractivity (Wildman–Crippen MR) is 119 cm³/mol. The van der Waals surface area contributed by atoms with E-state index in [-0.39, 0.29) is 12.5 Å². The zero-order valence-corrected chi connectivity index (χ0v) is 17.7. The summed E-state index contributed by atoms with van der Waals surface area (Å²) in [6.45, 7) is 1.52. The summed E-state index contributed by atoms with van der Waals surface area (Å²) in [5.41, 5.74) is 4.48. The number of benzene rings is 3.